The second-order valence-corrected chi connectivity index (χ2v) is 4.58. The lowest BCUT2D eigenvalue weighted by Crippen LogP contribution is -2.30. The number of nitrogens with zero attached hydrogens (tertiary/aromatic N) is 1. The van der Waals surface area contributed by atoms with Crippen molar-refractivity contribution in [2.75, 3.05) is 19.6 Å². The van der Waals surface area contributed by atoms with Crippen LogP contribution in [0.5, 0.6) is 0 Å². The van der Waals surface area contributed by atoms with Gasteiger partial charge in [-0.3, -0.25) is 4.79 Å². The van der Waals surface area contributed by atoms with Crippen molar-refractivity contribution in [2.45, 2.75) is 13.3 Å². The molecular weight excluding hydrogens is 255 g/mol. The van der Waals surface area contributed by atoms with Gasteiger partial charge >= 0.3 is 0 Å². The third-order valence-electron chi connectivity index (χ3n) is 3.33. The minimum Gasteiger partial charge on any atom is -0.338 e. The smallest absolute Gasteiger partial charge is 0.256 e. The fourth-order valence-corrected chi connectivity index (χ4v) is 2.19. The van der Waals surface area contributed by atoms with E-state index in [2.05, 4.69) is 0 Å². The Labute approximate surface area is 113 Å². The Kier molecular flexibility index (Phi) is 5.11. The summed E-state index contributed by atoms with van der Waals surface area (Å²) in [5.41, 5.74) is 6.25. The second kappa shape index (κ2) is 6.16. The van der Waals surface area contributed by atoms with Gasteiger partial charge in [0.2, 0.25) is 0 Å². The van der Waals surface area contributed by atoms with Crippen LogP contribution in [0, 0.1) is 18.7 Å². The minimum absolute atomic E-state index is 0. The molecule has 0 radical (unpaired) electrons. The predicted octanol–water partition coefficient (Wildman–Crippen LogP) is 1.98. The highest BCUT2D eigenvalue weighted by atomic mass is 35.5. The van der Waals surface area contributed by atoms with Gasteiger partial charge in [0.15, 0.2) is 0 Å². The summed E-state index contributed by atoms with van der Waals surface area (Å²) in [4.78, 5) is 13.8. The van der Waals surface area contributed by atoms with E-state index >= 15 is 0 Å². The molecule has 0 bridgehead atoms. The molecule has 2 rings (SSSR count). The van der Waals surface area contributed by atoms with Gasteiger partial charge in [-0.1, -0.05) is 12.1 Å². The molecule has 0 saturated carbocycles. The van der Waals surface area contributed by atoms with Crippen LogP contribution in [-0.4, -0.2) is 30.4 Å². The molecule has 3 nitrogen and oxygen atoms in total. The summed E-state index contributed by atoms with van der Waals surface area (Å²) in [6.45, 7) is 3.57. The number of hydrogen-bond donors (Lipinski definition) is 1. The molecule has 0 spiro atoms. The van der Waals surface area contributed by atoms with Gasteiger partial charge in [0.1, 0.15) is 5.82 Å². The lowest BCUT2D eigenvalue weighted by atomic mass is 10.1. The minimum atomic E-state index is -0.409. The molecule has 1 aliphatic heterocycles. The summed E-state index contributed by atoms with van der Waals surface area (Å²) in [6.07, 6.45) is 0.912. The van der Waals surface area contributed by atoms with Crippen molar-refractivity contribution >= 4 is 18.3 Å². The number of benzene rings is 1. The summed E-state index contributed by atoms with van der Waals surface area (Å²) in [6, 6.07) is 4.92. The van der Waals surface area contributed by atoms with Crippen LogP contribution in [0.3, 0.4) is 0 Å². The molecule has 1 heterocycles. The van der Waals surface area contributed by atoms with Gasteiger partial charge in [-0.25, -0.2) is 4.39 Å². The largest absolute Gasteiger partial charge is 0.338 e. The highest BCUT2D eigenvalue weighted by Crippen LogP contribution is 2.20. The van der Waals surface area contributed by atoms with E-state index < -0.39 is 5.82 Å². The van der Waals surface area contributed by atoms with Crippen LogP contribution >= 0.6 is 12.4 Å². The molecule has 1 saturated heterocycles. The topological polar surface area (TPSA) is 46.3 Å². The molecule has 100 valence electrons. The van der Waals surface area contributed by atoms with Gasteiger partial charge in [0.25, 0.3) is 5.91 Å². The molecule has 1 unspecified atom stereocenters. The Bertz CT molecular complexity index is 439. The van der Waals surface area contributed by atoms with E-state index in [9.17, 15) is 9.18 Å². The molecule has 1 amide bonds. The maximum atomic E-state index is 13.8. The quantitative estimate of drug-likeness (QED) is 0.895. The third kappa shape index (κ3) is 2.82. The fraction of sp³-hybridized carbons (Fsp3) is 0.462. The van der Waals surface area contributed by atoms with Crippen molar-refractivity contribution in [3.63, 3.8) is 0 Å². The van der Waals surface area contributed by atoms with Crippen LogP contribution in [0.2, 0.25) is 0 Å². The highest BCUT2D eigenvalue weighted by Gasteiger charge is 2.27. The van der Waals surface area contributed by atoms with Crippen molar-refractivity contribution in [1.82, 2.24) is 4.90 Å². The summed E-state index contributed by atoms with van der Waals surface area (Å²) in [5.74, 6) is -0.275. The number of nitrogens with two attached hydrogens (primary N) is 1. The van der Waals surface area contributed by atoms with Crippen LogP contribution in [0.1, 0.15) is 22.3 Å². The zero-order valence-corrected chi connectivity index (χ0v) is 11.2. The first-order chi connectivity index (χ1) is 8.13. The number of halogens is 2. The molecular formula is C13H18ClFN2O. The SMILES string of the molecule is Cc1cccc(C(=O)N2CCC(CN)C2)c1F.Cl. The van der Waals surface area contributed by atoms with Gasteiger partial charge in [-0.05, 0) is 37.4 Å². The predicted molar refractivity (Wildman–Crippen MR) is 71.4 cm³/mol. The number of carbonyl (C=O) groups is 1. The van der Waals surface area contributed by atoms with Gasteiger partial charge in [-0.15, -0.1) is 12.4 Å². The normalized spacial score (nSPS) is 18.6. The van der Waals surface area contributed by atoms with Crippen LogP contribution in [0.4, 0.5) is 4.39 Å². The number of amides is 1. The Balaban J connectivity index is 0.00000162. The first-order valence-corrected chi connectivity index (χ1v) is 5.88. The average Bonchev–Trinajstić information content (AvgIpc) is 2.80. The molecule has 18 heavy (non-hydrogen) atoms. The molecule has 1 atom stereocenters. The van der Waals surface area contributed by atoms with E-state index in [-0.39, 0.29) is 23.9 Å². The summed E-state index contributed by atoms with van der Waals surface area (Å²) >= 11 is 0. The first kappa shape index (κ1) is 14.9. The van der Waals surface area contributed by atoms with E-state index in [1.165, 1.54) is 0 Å². The summed E-state index contributed by atoms with van der Waals surface area (Å²) in [7, 11) is 0. The first-order valence-electron chi connectivity index (χ1n) is 5.88. The number of hydrogen-bond acceptors (Lipinski definition) is 2. The zero-order chi connectivity index (χ0) is 12.4. The Morgan fingerprint density at radius 3 is 2.89 bits per heavy atom. The zero-order valence-electron chi connectivity index (χ0n) is 10.4. The molecule has 0 aliphatic carbocycles. The molecule has 1 aromatic rings. The number of aryl methyl sites for hydroxylation is 1. The van der Waals surface area contributed by atoms with E-state index in [0.717, 1.165) is 6.42 Å². The van der Waals surface area contributed by atoms with Crippen molar-refractivity contribution in [2.24, 2.45) is 11.7 Å². The van der Waals surface area contributed by atoms with E-state index in [0.29, 0.717) is 31.1 Å². The number of rotatable bonds is 2. The monoisotopic (exact) mass is 272 g/mol. The van der Waals surface area contributed by atoms with Crippen molar-refractivity contribution in [1.29, 1.82) is 0 Å². The Hall–Kier alpha value is -1.13. The molecule has 1 aliphatic rings. The number of carbonyl (C=O) groups excluding carboxylic acids is 1. The van der Waals surface area contributed by atoms with Crippen molar-refractivity contribution in [3.05, 3.63) is 35.1 Å². The molecule has 5 heteroatoms. The van der Waals surface area contributed by atoms with Crippen LogP contribution in [0.15, 0.2) is 18.2 Å². The standard InChI is InChI=1S/C13H17FN2O.ClH/c1-9-3-2-4-11(12(9)14)13(17)16-6-5-10(7-15)8-16;/h2-4,10H,5-8,15H2,1H3;1H. The van der Waals surface area contributed by atoms with Crippen molar-refractivity contribution in [3.8, 4) is 0 Å². The summed E-state index contributed by atoms with van der Waals surface area (Å²) in [5, 5.41) is 0. The van der Waals surface area contributed by atoms with E-state index in [1.807, 2.05) is 0 Å². The van der Waals surface area contributed by atoms with Crippen LogP contribution in [-0.2, 0) is 0 Å². The Morgan fingerprint density at radius 2 is 2.28 bits per heavy atom. The Morgan fingerprint density at radius 1 is 1.56 bits per heavy atom. The lowest BCUT2D eigenvalue weighted by Gasteiger charge is -2.17. The molecule has 1 aromatic carbocycles. The molecule has 0 aromatic heterocycles. The maximum Gasteiger partial charge on any atom is 0.256 e. The average molecular weight is 273 g/mol. The molecule has 1 fully saturated rings. The van der Waals surface area contributed by atoms with Crippen LogP contribution < -0.4 is 5.73 Å². The van der Waals surface area contributed by atoms with Crippen molar-refractivity contribution < 1.29 is 9.18 Å². The van der Waals surface area contributed by atoms with Gasteiger partial charge in [0.05, 0.1) is 5.56 Å². The van der Waals surface area contributed by atoms with E-state index in [1.54, 1.807) is 30.0 Å². The lowest BCUT2D eigenvalue weighted by molar-refractivity contribution is 0.0783. The van der Waals surface area contributed by atoms with Gasteiger partial charge < -0.3 is 10.6 Å². The molecule has 2 N–H and O–H groups in total. The maximum absolute atomic E-state index is 13.8. The van der Waals surface area contributed by atoms with Gasteiger partial charge in [-0.2, -0.15) is 0 Å². The highest BCUT2D eigenvalue weighted by molar-refractivity contribution is 5.94. The summed E-state index contributed by atoms with van der Waals surface area (Å²) < 4.78 is 13.8. The van der Waals surface area contributed by atoms with Gasteiger partial charge in [0, 0.05) is 13.1 Å². The second-order valence-electron chi connectivity index (χ2n) is 4.58. The van der Waals surface area contributed by atoms with E-state index in [4.69, 9.17) is 5.73 Å². The number of likely N-dealkylation sites (tertiary alicyclic amines) is 1. The van der Waals surface area contributed by atoms with Crippen LogP contribution in [0.25, 0.3) is 0 Å². The fourth-order valence-electron chi connectivity index (χ4n) is 2.19. The third-order valence-corrected chi connectivity index (χ3v) is 3.33.